The zero-order chi connectivity index (χ0) is 40.5. The maximum Gasteiger partial charge on any atom is 0.407 e. The fourth-order valence-electron chi connectivity index (χ4n) is 5.90. The van der Waals surface area contributed by atoms with Gasteiger partial charge in [-0.25, -0.2) is 14.6 Å². The van der Waals surface area contributed by atoms with E-state index in [-0.39, 0.29) is 48.3 Å². The smallest absolute Gasteiger partial charge is 0.407 e. The summed E-state index contributed by atoms with van der Waals surface area (Å²) in [5.74, 6) is 0.701. The van der Waals surface area contributed by atoms with Crippen molar-refractivity contribution in [3.8, 4) is 0 Å². The number of thioether (sulfide) groups is 2. The minimum absolute atomic E-state index is 0. The molecule has 4 aromatic heterocycles. The molecule has 312 valence electrons. The van der Waals surface area contributed by atoms with Gasteiger partial charge in [0.05, 0.1) is 10.8 Å². The number of carbonyl (C=O) groups excluding carboxylic acids is 2. The van der Waals surface area contributed by atoms with E-state index in [1.54, 1.807) is 0 Å². The van der Waals surface area contributed by atoms with E-state index in [0.717, 1.165) is 72.2 Å². The van der Waals surface area contributed by atoms with E-state index in [2.05, 4.69) is 56.3 Å². The third-order valence-electron chi connectivity index (χ3n) is 8.34. The summed E-state index contributed by atoms with van der Waals surface area (Å²) in [4.78, 5) is 39.7. The van der Waals surface area contributed by atoms with Crippen LogP contribution >= 0.6 is 58.3 Å². The van der Waals surface area contributed by atoms with Crippen LogP contribution in [-0.4, -0.2) is 100 Å². The van der Waals surface area contributed by atoms with E-state index in [9.17, 15) is 9.59 Å². The molecule has 2 aliphatic rings. The Labute approximate surface area is 351 Å². The highest BCUT2D eigenvalue weighted by Gasteiger charge is 2.27. The molecule has 2 aliphatic carbocycles. The zero-order valence-corrected chi connectivity index (χ0v) is 36.2. The predicted molar refractivity (Wildman–Crippen MR) is 227 cm³/mol. The number of aromatic nitrogens is 8. The number of halogens is 3. The van der Waals surface area contributed by atoms with Crippen LogP contribution in [0, 0.1) is 0 Å². The number of ether oxygens (including phenoxy) is 2. The van der Waals surface area contributed by atoms with Crippen LogP contribution in [0.15, 0.2) is 10.1 Å². The van der Waals surface area contributed by atoms with Crippen molar-refractivity contribution in [1.82, 2.24) is 51.0 Å². The van der Waals surface area contributed by atoms with Gasteiger partial charge in [0, 0.05) is 24.2 Å². The molecule has 4 aromatic rings. The highest BCUT2D eigenvalue weighted by atomic mass is 35.5. The number of nitrogens with zero attached hydrogens (tertiary/aromatic N) is 6. The molecule has 0 aromatic carbocycles. The minimum Gasteiger partial charge on any atom is -0.444 e. The lowest BCUT2D eigenvalue weighted by Crippen LogP contribution is -2.42. The number of alkyl carbamates (subject to hydrolysis) is 2. The summed E-state index contributed by atoms with van der Waals surface area (Å²) in [7, 11) is 0. The number of hydrogen-bond donors (Lipinski definition) is 6. The van der Waals surface area contributed by atoms with E-state index in [0.29, 0.717) is 28.3 Å². The Bertz CT molecular complexity index is 1890. The number of aromatic amines is 2. The molecular weight excluding hydrogens is 823 g/mol. The number of amides is 2. The number of rotatable bonds is 6. The van der Waals surface area contributed by atoms with Crippen LogP contribution in [0.25, 0.3) is 22.1 Å². The van der Waals surface area contributed by atoms with Gasteiger partial charge < -0.3 is 31.2 Å². The summed E-state index contributed by atoms with van der Waals surface area (Å²) in [6.07, 6.45) is 10.7. The summed E-state index contributed by atoms with van der Waals surface area (Å²) in [6.45, 7) is 11.2. The molecule has 0 atom stereocenters. The second kappa shape index (κ2) is 21.1. The van der Waals surface area contributed by atoms with Crippen molar-refractivity contribution in [2.45, 2.75) is 146 Å². The Kier molecular flexibility index (Phi) is 17.8. The van der Waals surface area contributed by atoms with Crippen LogP contribution in [0.5, 0.6) is 0 Å². The average molecular weight is 878 g/mol. The first-order valence-electron chi connectivity index (χ1n) is 17.9. The second-order valence-corrected chi connectivity index (χ2v) is 17.8. The van der Waals surface area contributed by atoms with Gasteiger partial charge in [-0.05, 0) is 129 Å². The second-order valence-electron chi connectivity index (χ2n) is 15.1. The number of nitrogens with two attached hydrogens (primary N) is 1. The van der Waals surface area contributed by atoms with Crippen LogP contribution in [0.2, 0.25) is 15.7 Å². The van der Waals surface area contributed by atoms with E-state index in [1.807, 2.05) is 54.1 Å². The first-order valence-corrected chi connectivity index (χ1v) is 21.5. The van der Waals surface area contributed by atoms with E-state index in [1.165, 1.54) is 23.5 Å². The molecule has 2 fully saturated rings. The molecule has 6 rings (SSSR count). The molecule has 0 aliphatic heterocycles. The summed E-state index contributed by atoms with van der Waals surface area (Å²) in [5, 5.41) is 27.0. The molecule has 2 saturated carbocycles. The summed E-state index contributed by atoms with van der Waals surface area (Å²) < 4.78 is 10.5. The van der Waals surface area contributed by atoms with Gasteiger partial charge >= 0.3 is 12.2 Å². The average Bonchev–Trinajstić information content (AvgIpc) is 3.69. The van der Waals surface area contributed by atoms with Crippen molar-refractivity contribution >= 4 is 98.4 Å². The summed E-state index contributed by atoms with van der Waals surface area (Å²) in [5.41, 5.74) is 6.07. The maximum absolute atomic E-state index is 11.9. The predicted octanol–water partition coefficient (Wildman–Crippen LogP) is 8.77. The monoisotopic (exact) mass is 876 g/mol. The highest BCUT2D eigenvalue weighted by Crippen LogP contribution is 2.32. The largest absolute Gasteiger partial charge is 0.444 e. The molecule has 0 spiro atoms. The third kappa shape index (κ3) is 14.7. The van der Waals surface area contributed by atoms with Gasteiger partial charge in [-0.15, -0.1) is 23.5 Å². The number of hydrogen-bond acceptors (Lipinski definition) is 14. The van der Waals surface area contributed by atoms with Gasteiger partial charge in [-0.2, -0.15) is 25.1 Å². The van der Waals surface area contributed by atoms with Gasteiger partial charge in [0.2, 0.25) is 10.6 Å². The third-order valence-corrected chi connectivity index (χ3v) is 10.3. The molecule has 0 unspecified atom stereocenters. The molecule has 21 heteroatoms. The number of carbonyl (C=O) groups is 2. The van der Waals surface area contributed by atoms with Crippen molar-refractivity contribution in [3.63, 3.8) is 0 Å². The molecule has 56 heavy (non-hydrogen) atoms. The van der Waals surface area contributed by atoms with Gasteiger partial charge in [0.25, 0.3) is 0 Å². The van der Waals surface area contributed by atoms with Crippen molar-refractivity contribution in [3.05, 3.63) is 15.7 Å². The van der Waals surface area contributed by atoms with Crippen LogP contribution in [0.3, 0.4) is 0 Å². The van der Waals surface area contributed by atoms with Crippen LogP contribution in [0.4, 0.5) is 15.4 Å². The van der Waals surface area contributed by atoms with Crippen molar-refractivity contribution in [2.75, 3.05) is 17.8 Å². The zero-order valence-electron chi connectivity index (χ0n) is 32.3. The van der Waals surface area contributed by atoms with Crippen molar-refractivity contribution in [1.29, 1.82) is 0 Å². The Morgan fingerprint density at radius 3 is 1.55 bits per heavy atom. The SMILES string of the molecule is C.CC(C)(C)OC(=O)NC1CCC(N)CC1.CSc1n[nH]c2nc(Cl)nc(Cl)c12.CSc1n[nH]c2nc(Cl)nc(NC3CCC(NC(=O)OC(C)(C)C)CC3)c12. The minimum atomic E-state index is -0.486. The van der Waals surface area contributed by atoms with Crippen molar-refractivity contribution in [2.24, 2.45) is 5.73 Å². The van der Waals surface area contributed by atoms with Crippen LogP contribution < -0.4 is 21.7 Å². The quantitative estimate of drug-likeness (QED) is 0.0605. The van der Waals surface area contributed by atoms with Crippen molar-refractivity contribution < 1.29 is 19.1 Å². The molecule has 4 heterocycles. The van der Waals surface area contributed by atoms with E-state index in [4.69, 9.17) is 50.0 Å². The topological polar surface area (TPSA) is 224 Å². The Balaban J connectivity index is 0.000000245. The lowest BCUT2D eigenvalue weighted by molar-refractivity contribution is 0.0480. The molecule has 16 nitrogen and oxygen atoms in total. The molecule has 2 amide bonds. The van der Waals surface area contributed by atoms with Gasteiger partial charge in [0.1, 0.15) is 32.2 Å². The number of H-pyrrole nitrogens is 2. The Hall–Kier alpha value is -3.03. The molecule has 7 N–H and O–H groups in total. The fraction of sp³-hybridized carbons (Fsp3) is 0.657. The fourth-order valence-corrected chi connectivity index (χ4v) is 7.67. The van der Waals surface area contributed by atoms with Gasteiger partial charge in [0.15, 0.2) is 11.3 Å². The molecule has 0 radical (unpaired) electrons. The Morgan fingerprint density at radius 1 is 0.679 bits per heavy atom. The lowest BCUT2D eigenvalue weighted by atomic mass is 9.91. The highest BCUT2D eigenvalue weighted by molar-refractivity contribution is 7.99. The van der Waals surface area contributed by atoms with Gasteiger partial charge in [-0.3, -0.25) is 10.2 Å². The van der Waals surface area contributed by atoms with Crippen LogP contribution in [0.1, 0.15) is 100 Å². The molecular formula is C35H55Cl3N12O4S2. The summed E-state index contributed by atoms with van der Waals surface area (Å²) >= 11 is 20.5. The maximum atomic E-state index is 11.9. The normalized spacial score (nSPS) is 19.7. The summed E-state index contributed by atoms with van der Waals surface area (Å²) in [6, 6.07) is 0.921. The van der Waals surface area contributed by atoms with E-state index < -0.39 is 11.2 Å². The van der Waals surface area contributed by atoms with E-state index >= 15 is 0 Å². The van der Waals surface area contributed by atoms with Crippen LogP contribution in [-0.2, 0) is 9.47 Å². The Morgan fingerprint density at radius 2 is 1.09 bits per heavy atom. The van der Waals surface area contributed by atoms with Gasteiger partial charge in [-0.1, -0.05) is 19.0 Å². The lowest BCUT2D eigenvalue weighted by Gasteiger charge is -2.30. The molecule has 0 bridgehead atoms. The number of fused-ring (bicyclic) bond motifs is 2. The number of anilines is 1. The first-order chi connectivity index (χ1) is 25.8. The number of nitrogens with one attached hydrogen (secondary N) is 5. The molecule has 0 saturated heterocycles. The first kappa shape index (κ1) is 47.3. The standard InChI is InChI=1S/C17H25ClN6O2S.C11H22N2O2.C6H4Cl2N4S.CH4/c1-17(2,3)26-16(25)20-10-7-5-9(6-8-10)19-12-11-13(22-15(18)21-12)23-24-14(11)27-4;1-11(2,3)15-10(14)13-9-6-4-8(12)5-7-9;1-13-5-2-3(7)9-6(8)10-4(2)11-12-5;/h9-10H,5-8H2,1-4H3,(H,20,25)(H2,19,21,22,23,24);8-9H,4-7,12H2,1-3H3,(H,13,14);1H3,(H,9,10,11,12);1H4.